The molecule has 7 heavy (non-hydrogen) atoms. The summed E-state index contributed by atoms with van der Waals surface area (Å²) < 4.78 is 0. The molecule has 0 unspecified atom stereocenters. The van der Waals surface area contributed by atoms with Gasteiger partial charge in [0.05, 0.1) is 0 Å². The molecule has 1 fully saturated rings. The highest BCUT2D eigenvalue weighted by molar-refractivity contribution is 5.49. The van der Waals surface area contributed by atoms with Gasteiger partial charge in [-0.15, -0.1) is 0 Å². The van der Waals surface area contributed by atoms with E-state index in [1.807, 2.05) is 0 Å². The Morgan fingerprint density at radius 1 is 1.57 bits per heavy atom. The number of nitrogens with zero attached hydrogens (tertiary/aromatic N) is 1. The lowest BCUT2D eigenvalue weighted by atomic mass is 10.5. The van der Waals surface area contributed by atoms with Gasteiger partial charge in [0.2, 0.25) is 0 Å². The van der Waals surface area contributed by atoms with Crippen molar-refractivity contribution in [1.82, 2.24) is 4.90 Å². The van der Waals surface area contributed by atoms with Crippen molar-refractivity contribution in [3.05, 3.63) is 0 Å². The second kappa shape index (κ2) is 2.07. The first-order chi connectivity index (χ1) is 3.43. The van der Waals surface area contributed by atoms with E-state index >= 15 is 0 Å². The van der Waals surface area contributed by atoms with Crippen LogP contribution in [0.25, 0.3) is 0 Å². The number of carbonyl (C=O) groups excluding carboxylic acids is 1. The molecular formula is C5H9NO. The molecule has 0 N–H and O–H groups in total. The Bertz CT molecular complexity index is 68.5. The molecule has 0 aromatic rings. The van der Waals surface area contributed by atoms with Gasteiger partial charge >= 0.3 is 0 Å². The Kier molecular flexibility index (Phi) is 1.42. The van der Waals surface area contributed by atoms with Crippen LogP contribution in [0.3, 0.4) is 0 Å². The summed E-state index contributed by atoms with van der Waals surface area (Å²) >= 11 is 0. The van der Waals surface area contributed by atoms with Crippen molar-refractivity contribution in [3.63, 3.8) is 0 Å². The van der Waals surface area contributed by atoms with Crippen LogP contribution in [-0.4, -0.2) is 30.8 Å². The van der Waals surface area contributed by atoms with Crippen molar-refractivity contribution in [2.24, 2.45) is 0 Å². The maximum absolute atomic E-state index is 9.71. The molecule has 2 heteroatoms. The second-order valence-electron chi connectivity index (χ2n) is 1.80. The first-order valence-electron chi connectivity index (χ1n) is 2.59. The quantitative estimate of drug-likeness (QED) is 0.363. The molecule has 0 atom stereocenters. The number of carbonyl (C=O) groups is 1. The highest BCUT2D eigenvalue weighted by Crippen LogP contribution is 2.01. The average Bonchev–Trinajstić information content (AvgIpc) is 2.42. The zero-order valence-corrected chi connectivity index (χ0v) is 4.26. The SMILES string of the molecule is O=CCCN1CC1. The van der Waals surface area contributed by atoms with E-state index in [0.29, 0.717) is 6.42 Å². The number of aldehydes is 1. The van der Waals surface area contributed by atoms with Crippen molar-refractivity contribution in [2.75, 3.05) is 19.6 Å². The minimum atomic E-state index is 0.708. The smallest absolute Gasteiger partial charge is 0.121 e. The van der Waals surface area contributed by atoms with Crippen LogP contribution in [-0.2, 0) is 4.79 Å². The molecule has 0 radical (unpaired) electrons. The maximum Gasteiger partial charge on any atom is 0.121 e. The third-order valence-corrected chi connectivity index (χ3v) is 1.10. The molecule has 2 nitrogen and oxygen atoms in total. The lowest BCUT2D eigenvalue weighted by Crippen LogP contribution is -1.98. The fraction of sp³-hybridized carbons (Fsp3) is 0.800. The van der Waals surface area contributed by atoms with Crippen LogP contribution in [0, 0.1) is 0 Å². The number of rotatable bonds is 3. The van der Waals surface area contributed by atoms with E-state index in [-0.39, 0.29) is 0 Å². The topological polar surface area (TPSA) is 20.1 Å². The second-order valence-corrected chi connectivity index (χ2v) is 1.80. The molecule has 0 spiro atoms. The molecule has 0 saturated carbocycles. The van der Waals surface area contributed by atoms with E-state index in [9.17, 15) is 4.79 Å². The predicted octanol–water partition coefficient (Wildman–Crippen LogP) is -0.109. The molecule has 0 aromatic carbocycles. The summed E-state index contributed by atoms with van der Waals surface area (Å²) in [5, 5.41) is 0. The van der Waals surface area contributed by atoms with Gasteiger partial charge < -0.3 is 9.69 Å². The van der Waals surface area contributed by atoms with Crippen LogP contribution in [0.4, 0.5) is 0 Å². The first-order valence-corrected chi connectivity index (χ1v) is 2.59. The molecule has 0 aliphatic carbocycles. The number of hydrogen-bond acceptors (Lipinski definition) is 2. The van der Waals surface area contributed by atoms with Gasteiger partial charge in [0.15, 0.2) is 0 Å². The Morgan fingerprint density at radius 2 is 2.29 bits per heavy atom. The average molecular weight is 99.1 g/mol. The van der Waals surface area contributed by atoms with E-state index in [0.717, 1.165) is 12.8 Å². The third-order valence-electron chi connectivity index (χ3n) is 1.10. The monoisotopic (exact) mass is 99.1 g/mol. The summed E-state index contributed by atoms with van der Waals surface area (Å²) in [6.07, 6.45) is 1.68. The molecule has 1 aliphatic heterocycles. The van der Waals surface area contributed by atoms with E-state index in [1.165, 1.54) is 13.1 Å². The molecule has 1 saturated heterocycles. The summed E-state index contributed by atoms with van der Waals surface area (Å²) in [4.78, 5) is 11.9. The van der Waals surface area contributed by atoms with Gasteiger partial charge in [-0.25, -0.2) is 0 Å². The molecule has 0 amide bonds. The van der Waals surface area contributed by atoms with Crippen molar-refractivity contribution in [3.8, 4) is 0 Å². The largest absolute Gasteiger partial charge is 0.303 e. The van der Waals surface area contributed by atoms with Crippen molar-refractivity contribution < 1.29 is 4.79 Å². The summed E-state index contributed by atoms with van der Waals surface area (Å²) in [5.74, 6) is 0. The summed E-state index contributed by atoms with van der Waals surface area (Å²) in [6, 6.07) is 0. The normalized spacial score (nSPS) is 19.4. The fourth-order valence-corrected chi connectivity index (χ4v) is 0.530. The Hall–Kier alpha value is -0.370. The van der Waals surface area contributed by atoms with Gasteiger partial charge in [-0.2, -0.15) is 0 Å². The summed E-state index contributed by atoms with van der Waals surface area (Å²) in [7, 11) is 0. The molecule has 40 valence electrons. The standard InChI is InChI=1S/C5H9NO/c7-5-1-2-6-3-4-6/h5H,1-4H2. The van der Waals surface area contributed by atoms with Crippen molar-refractivity contribution >= 4 is 6.29 Å². The number of hydrogen-bond donors (Lipinski definition) is 0. The van der Waals surface area contributed by atoms with Crippen LogP contribution in [0.5, 0.6) is 0 Å². The highest BCUT2D eigenvalue weighted by Gasteiger charge is 2.14. The van der Waals surface area contributed by atoms with Crippen molar-refractivity contribution in [2.45, 2.75) is 6.42 Å². The summed E-state index contributed by atoms with van der Waals surface area (Å²) in [6.45, 7) is 3.38. The minimum Gasteiger partial charge on any atom is -0.303 e. The molecule has 1 heterocycles. The molecular weight excluding hydrogens is 90.1 g/mol. The van der Waals surface area contributed by atoms with E-state index in [2.05, 4.69) is 4.90 Å². The van der Waals surface area contributed by atoms with Crippen LogP contribution in [0.1, 0.15) is 6.42 Å². The zero-order valence-electron chi connectivity index (χ0n) is 4.26. The lowest BCUT2D eigenvalue weighted by molar-refractivity contribution is -0.107. The van der Waals surface area contributed by atoms with E-state index in [1.54, 1.807) is 0 Å². The molecule has 0 bridgehead atoms. The van der Waals surface area contributed by atoms with Crippen LogP contribution < -0.4 is 0 Å². The Labute approximate surface area is 43.1 Å². The van der Waals surface area contributed by atoms with Gasteiger partial charge in [-0.1, -0.05) is 0 Å². The fourth-order valence-electron chi connectivity index (χ4n) is 0.530. The van der Waals surface area contributed by atoms with Gasteiger partial charge in [0.25, 0.3) is 0 Å². The van der Waals surface area contributed by atoms with E-state index in [4.69, 9.17) is 0 Å². The minimum absolute atomic E-state index is 0.708. The molecule has 1 rings (SSSR count). The highest BCUT2D eigenvalue weighted by atomic mass is 16.1. The van der Waals surface area contributed by atoms with Crippen molar-refractivity contribution in [1.29, 1.82) is 0 Å². The summed E-state index contributed by atoms with van der Waals surface area (Å²) in [5.41, 5.74) is 0. The molecule has 0 aromatic heterocycles. The van der Waals surface area contributed by atoms with Gasteiger partial charge in [-0.3, -0.25) is 0 Å². The van der Waals surface area contributed by atoms with Crippen LogP contribution in [0.2, 0.25) is 0 Å². The maximum atomic E-state index is 9.71. The Balaban J connectivity index is 1.88. The first kappa shape index (κ1) is 4.78. The third kappa shape index (κ3) is 1.69. The lowest BCUT2D eigenvalue weighted by Gasteiger charge is -1.88. The van der Waals surface area contributed by atoms with Gasteiger partial charge in [-0.05, 0) is 0 Å². The Morgan fingerprint density at radius 3 is 2.71 bits per heavy atom. The molecule has 1 aliphatic rings. The zero-order chi connectivity index (χ0) is 5.11. The van der Waals surface area contributed by atoms with E-state index < -0.39 is 0 Å². The van der Waals surface area contributed by atoms with Crippen LogP contribution in [0.15, 0.2) is 0 Å². The predicted molar refractivity (Wildman–Crippen MR) is 27.1 cm³/mol. The van der Waals surface area contributed by atoms with Gasteiger partial charge in [0, 0.05) is 26.1 Å². The van der Waals surface area contributed by atoms with Gasteiger partial charge in [0.1, 0.15) is 6.29 Å². The van der Waals surface area contributed by atoms with Crippen LogP contribution >= 0.6 is 0 Å².